The van der Waals surface area contributed by atoms with Crippen molar-refractivity contribution in [2.45, 2.75) is 19.8 Å². The average Bonchev–Trinajstić information content (AvgIpc) is 1.60. The second kappa shape index (κ2) is 2.72. The van der Waals surface area contributed by atoms with Crippen molar-refractivity contribution in [1.29, 1.82) is 0 Å². The van der Waals surface area contributed by atoms with Crippen LogP contribution >= 0.6 is 6.04 Å². The van der Waals surface area contributed by atoms with Crippen LogP contribution < -0.4 is 0 Å². The van der Waals surface area contributed by atoms with Gasteiger partial charge in [0.05, 0.1) is 0 Å². The van der Waals surface area contributed by atoms with Crippen LogP contribution in [-0.2, 0) is 11.8 Å². The topological polar surface area (TPSA) is 0 Å². The predicted molar refractivity (Wildman–Crippen MR) is 48.3 cm³/mol. The molecule has 1 aliphatic rings. The van der Waals surface area contributed by atoms with Crippen molar-refractivity contribution in [2.75, 3.05) is 19.0 Å². The highest BCUT2D eigenvalue weighted by Gasteiger charge is 2.19. The first-order valence-electron chi connectivity index (χ1n) is 3.66. The predicted octanol–water partition coefficient (Wildman–Crippen LogP) is 2.53. The van der Waals surface area contributed by atoms with Crippen LogP contribution in [0.5, 0.6) is 0 Å². The molecule has 1 saturated heterocycles. The average molecular weight is 162 g/mol. The summed E-state index contributed by atoms with van der Waals surface area (Å²) < 4.78 is 0. The van der Waals surface area contributed by atoms with Crippen LogP contribution in [0.25, 0.3) is 0 Å². The Morgan fingerprint density at radius 2 is 2.22 bits per heavy atom. The van der Waals surface area contributed by atoms with Crippen LogP contribution in [-0.4, -0.2) is 19.0 Å². The van der Waals surface area contributed by atoms with Crippen molar-refractivity contribution < 1.29 is 0 Å². The quantitative estimate of drug-likeness (QED) is 0.493. The van der Waals surface area contributed by atoms with Crippen LogP contribution in [0.4, 0.5) is 0 Å². The molecule has 9 heavy (non-hydrogen) atoms. The largest absolute Gasteiger partial charge is 0.0978 e. The van der Waals surface area contributed by atoms with E-state index in [2.05, 4.69) is 13.6 Å². The molecule has 1 heterocycles. The second-order valence-corrected chi connectivity index (χ2v) is 9.50. The van der Waals surface area contributed by atoms with Crippen molar-refractivity contribution in [3.8, 4) is 0 Å². The molecule has 0 nitrogen and oxygen atoms in total. The van der Waals surface area contributed by atoms with E-state index in [1.165, 1.54) is 25.2 Å². The van der Waals surface area contributed by atoms with Gasteiger partial charge in [-0.1, -0.05) is 18.7 Å². The molecule has 0 aromatic rings. The Bertz CT molecular complexity index is 142. The Morgan fingerprint density at radius 3 is 2.56 bits per heavy atom. The molecule has 0 bridgehead atoms. The van der Waals surface area contributed by atoms with E-state index in [1.54, 1.807) is 0 Å². The Hall–Kier alpha value is 0.650. The molecule has 0 radical (unpaired) electrons. The Balaban J connectivity index is 2.51. The molecule has 0 spiro atoms. The third kappa shape index (κ3) is 2.39. The Morgan fingerprint density at radius 1 is 1.56 bits per heavy atom. The number of rotatable bonds is 0. The van der Waals surface area contributed by atoms with Gasteiger partial charge >= 0.3 is 0 Å². The summed E-state index contributed by atoms with van der Waals surface area (Å²) in [7, 11) is 0. The summed E-state index contributed by atoms with van der Waals surface area (Å²) in [5.41, 5.74) is 0. The van der Waals surface area contributed by atoms with Crippen LogP contribution in [0.15, 0.2) is 0 Å². The van der Waals surface area contributed by atoms with Gasteiger partial charge in [0, 0.05) is 0 Å². The molecule has 54 valence electrons. The Kier molecular flexibility index (Phi) is 2.34. The monoisotopic (exact) mass is 162 g/mol. The van der Waals surface area contributed by atoms with E-state index in [1.807, 2.05) is 0 Å². The van der Waals surface area contributed by atoms with Gasteiger partial charge in [-0.05, 0) is 43.8 Å². The molecule has 0 aromatic heterocycles. The molecule has 0 saturated carbocycles. The molecular formula is C7H15PS. The summed E-state index contributed by atoms with van der Waals surface area (Å²) in [6.07, 6.45) is 5.55. The molecule has 2 atom stereocenters. The zero-order valence-electron chi connectivity index (χ0n) is 6.26. The first-order valence-corrected chi connectivity index (χ1v) is 7.28. The van der Waals surface area contributed by atoms with Crippen LogP contribution in [0.3, 0.4) is 0 Å². The summed E-state index contributed by atoms with van der Waals surface area (Å²) in [6, 6.07) is -0.809. The van der Waals surface area contributed by atoms with Crippen LogP contribution in [0.2, 0.25) is 0 Å². The highest BCUT2D eigenvalue weighted by molar-refractivity contribution is 8.14. The van der Waals surface area contributed by atoms with E-state index in [-0.39, 0.29) is 0 Å². The molecule has 1 rings (SSSR count). The summed E-state index contributed by atoms with van der Waals surface area (Å²) in [5, 5.41) is 0. The lowest BCUT2D eigenvalue weighted by Gasteiger charge is -2.26. The van der Waals surface area contributed by atoms with Crippen molar-refractivity contribution in [3.63, 3.8) is 0 Å². The zero-order valence-corrected chi connectivity index (χ0v) is 7.97. The Labute approximate surface area is 63.0 Å². The minimum atomic E-state index is -0.809. The fraction of sp³-hybridized carbons (Fsp3) is 1.00. The van der Waals surface area contributed by atoms with Gasteiger partial charge in [0.15, 0.2) is 0 Å². The summed E-state index contributed by atoms with van der Waals surface area (Å²) in [6.45, 7) is 4.65. The van der Waals surface area contributed by atoms with Gasteiger partial charge in [-0.2, -0.15) is 0 Å². The van der Waals surface area contributed by atoms with Crippen molar-refractivity contribution in [3.05, 3.63) is 0 Å². The fourth-order valence-electron chi connectivity index (χ4n) is 1.62. The number of hydrogen-bond donors (Lipinski definition) is 0. The maximum Gasteiger partial charge on any atom is -0.0211 e. The van der Waals surface area contributed by atoms with Gasteiger partial charge in [-0.15, -0.1) is 0 Å². The molecule has 0 aliphatic carbocycles. The maximum absolute atomic E-state index is 5.48. The standard InChI is InChI=1S/C7H15PS/c1-7-4-3-5-8(2,9)6-7/h7H,3-6H2,1-2H3/t7-,8-/m1/s1. The van der Waals surface area contributed by atoms with Gasteiger partial charge in [-0.25, -0.2) is 0 Å². The van der Waals surface area contributed by atoms with E-state index >= 15 is 0 Å². The third-order valence-electron chi connectivity index (χ3n) is 2.03. The SMILES string of the molecule is C[C@@H]1CCC[P@@](C)(=S)C1. The molecule has 1 fully saturated rings. The lowest BCUT2D eigenvalue weighted by Crippen LogP contribution is -2.10. The molecule has 0 N–H and O–H groups in total. The fourth-order valence-corrected chi connectivity index (χ4v) is 5.30. The van der Waals surface area contributed by atoms with Crippen molar-refractivity contribution in [1.82, 2.24) is 0 Å². The summed E-state index contributed by atoms with van der Waals surface area (Å²) in [4.78, 5) is 0. The minimum Gasteiger partial charge on any atom is -0.0978 e. The molecule has 1 aliphatic heterocycles. The van der Waals surface area contributed by atoms with Crippen LogP contribution in [0, 0.1) is 5.92 Å². The molecule has 0 amide bonds. The second-order valence-electron chi connectivity index (χ2n) is 3.45. The first-order chi connectivity index (χ1) is 4.10. The highest BCUT2D eigenvalue weighted by Crippen LogP contribution is 2.48. The normalized spacial score (nSPS) is 44.9. The molecule has 0 unspecified atom stereocenters. The van der Waals surface area contributed by atoms with Gasteiger partial charge in [0.25, 0.3) is 0 Å². The van der Waals surface area contributed by atoms with E-state index in [0.717, 1.165) is 5.92 Å². The first kappa shape index (κ1) is 7.75. The summed E-state index contributed by atoms with van der Waals surface area (Å²) in [5.74, 6) is 0.926. The van der Waals surface area contributed by atoms with Gasteiger partial charge in [0.1, 0.15) is 0 Å². The van der Waals surface area contributed by atoms with E-state index in [0.29, 0.717) is 0 Å². The van der Waals surface area contributed by atoms with Gasteiger partial charge in [-0.3, -0.25) is 0 Å². The third-order valence-corrected chi connectivity index (χ3v) is 5.68. The maximum atomic E-state index is 5.48. The van der Waals surface area contributed by atoms with E-state index in [9.17, 15) is 0 Å². The van der Waals surface area contributed by atoms with Crippen molar-refractivity contribution in [2.24, 2.45) is 5.92 Å². The molecule has 0 aromatic carbocycles. The van der Waals surface area contributed by atoms with Gasteiger partial charge in [0.2, 0.25) is 0 Å². The lowest BCUT2D eigenvalue weighted by atomic mass is 10.1. The molecule has 2 heteroatoms. The minimum absolute atomic E-state index is 0.809. The lowest BCUT2D eigenvalue weighted by molar-refractivity contribution is 0.565. The van der Waals surface area contributed by atoms with E-state index in [4.69, 9.17) is 11.8 Å². The van der Waals surface area contributed by atoms with E-state index < -0.39 is 6.04 Å². The molecular weight excluding hydrogens is 147 g/mol. The smallest absolute Gasteiger partial charge is 0.0211 e. The van der Waals surface area contributed by atoms with Crippen LogP contribution in [0.1, 0.15) is 19.8 Å². The number of hydrogen-bond acceptors (Lipinski definition) is 1. The van der Waals surface area contributed by atoms with Crippen molar-refractivity contribution >= 4 is 17.8 Å². The summed E-state index contributed by atoms with van der Waals surface area (Å²) >= 11 is 5.48. The van der Waals surface area contributed by atoms with Gasteiger partial charge < -0.3 is 0 Å². The zero-order chi connectivity index (χ0) is 6.91. The highest BCUT2D eigenvalue weighted by atomic mass is 32.4.